The molecule has 312 valence electrons. The van der Waals surface area contributed by atoms with Crippen LogP contribution in [0.4, 0.5) is 24.7 Å². The number of alkyl halides is 3. The van der Waals surface area contributed by atoms with Crippen molar-refractivity contribution in [3.63, 3.8) is 0 Å². The summed E-state index contributed by atoms with van der Waals surface area (Å²) in [4.78, 5) is 32.0. The molecule has 59 heavy (non-hydrogen) atoms. The lowest BCUT2D eigenvalue weighted by Crippen LogP contribution is -2.29. The van der Waals surface area contributed by atoms with Gasteiger partial charge in [-0.3, -0.25) is 14.3 Å². The summed E-state index contributed by atoms with van der Waals surface area (Å²) in [6.45, 7) is 4.18. The molecule has 0 bridgehead atoms. The number of hydroxylamine groups is 2. The van der Waals surface area contributed by atoms with Crippen LogP contribution in [0.5, 0.6) is 11.5 Å². The monoisotopic (exact) mass is 851 g/mol. The van der Waals surface area contributed by atoms with Gasteiger partial charge in [0.15, 0.2) is 10.9 Å². The van der Waals surface area contributed by atoms with Crippen LogP contribution in [0.1, 0.15) is 67.8 Å². The Morgan fingerprint density at radius 3 is 2.20 bits per heavy atom. The van der Waals surface area contributed by atoms with E-state index in [0.29, 0.717) is 84.3 Å². The lowest BCUT2D eigenvalue weighted by atomic mass is 9.94. The number of benzene rings is 3. The molecule has 12 nitrogen and oxygen atoms in total. The van der Waals surface area contributed by atoms with E-state index >= 15 is 13.2 Å². The van der Waals surface area contributed by atoms with Crippen molar-refractivity contribution in [2.75, 3.05) is 51.0 Å². The van der Waals surface area contributed by atoms with Crippen LogP contribution in [0.2, 0.25) is 5.02 Å². The summed E-state index contributed by atoms with van der Waals surface area (Å²) < 4.78 is 64.0. The second kappa shape index (κ2) is 17.7. The molecule has 17 heteroatoms. The number of hydrogen-bond donors (Lipinski definition) is 0. The van der Waals surface area contributed by atoms with Gasteiger partial charge in [0.1, 0.15) is 17.3 Å². The Labute approximate surface area is 350 Å². The van der Waals surface area contributed by atoms with Gasteiger partial charge in [-0.05, 0) is 72.7 Å². The molecule has 2 aliphatic rings. The Morgan fingerprint density at radius 2 is 1.63 bits per heavy atom. The molecule has 0 aliphatic carbocycles. The highest BCUT2D eigenvalue weighted by molar-refractivity contribution is 7.98. The highest BCUT2D eigenvalue weighted by Gasteiger charge is 2.41. The summed E-state index contributed by atoms with van der Waals surface area (Å²) in [5.41, 5.74) is 4.54. The van der Waals surface area contributed by atoms with E-state index in [1.807, 2.05) is 71.3 Å². The van der Waals surface area contributed by atoms with E-state index in [-0.39, 0.29) is 24.5 Å². The molecule has 4 heterocycles. The molecular formula is C42H45ClF3N7O5S. The second-order valence-corrected chi connectivity index (χ2v) is 15.5. The van der Waals surface area contributed by atoms with Gasteiger partial charge in [0, 0.05) is 56.5 Å². The number of carbonyl (C=O) groups is 1. The molecule has 1 unspecified atom stereocenters. The zero-order chi connectivity index (χ0) is 42.0. The van der Waals surface area contributed by atoms with E-state index in [4.69, 9.17) is 40.6 Å². The van der Waals surface area contributed by atoms with E-state index in [9.17, 15) is 4.79 Å². The third kappa shape index (κ3) is 8.95. The number of aryl methyl sites for hydroxylation is 1. The second-order valence-electron chi connectivity index (χ2n) is 14.3. The molecule has 0 saturated carbocycles. The van der Waals surface area contributed by atoms with E-state index < -0.39 is 22.9 Å². The van der Waals surface area contributed by atoms with Crippen LogP contribution >= 0.6 is 23.4 Å². The van der Waals surface area contributed by atoms with Gasteiger partial charge in [0.05, 0.1) is 62.6 Å². The fraction of sp³-hybridized carbons (Fsp3) is 0.381. The number of amides is 1. The minimum Gasteiger partial charge on any atom is -0.497 e. The highest BCUT2D eigenvalue weighted by Crippen LogP contribution is 2.46. The van der Waals surface area contributed by atoms with Crippen LogP contribution in [-0.4, -0.2) is 71.9 Å². The van der Waals surface area contributed by atoms with E-state index in [2.05, 4.69) is 10.00 Å². The van der Waals surface area contributed by atoms with Crippen LogP contribution in [0, 0.1) is 6.92 Å². The largest absolute Gasteiger partial charge is 0.497 e. The summed E-state index contributed by atoms with van der Waals surface area (Å²) in [5, 5.41) is 5.83. The topological polar surface area (TPSA) is 107 Å². The fourth-order valence-electron chi connectivity index (χ4n) is 7.53. The summed E-state index contributed by atoms with van der Waals surface area (Å²) in [6.07, 6.45) is -3.15. The maximum absolute atomic E-state index is 15.0. The molecule has 0 saturated heterocycles. The van der Waals surface area contributed by atoms with Crippen molar-refractivity contribution in [2.45, 2.75) is 70.0 Å². The SMILES string of the molecule is COc1ccc(CN(Cc2ccc(OC)cc2)c2cc(Cl)c(C(F)(F)F)c(C3Cc4nc(SC)nc(N5CCCn6nc(C(=O)N(C)OC)c(C)c6C5)c4CO3)c2)cc1. The predicted octanol–water partition coefficient (Wildman–Crippen LogP) is 8.46. The Hall–Kier alpha value is -5.03. The number of ether oxygens (including phenoxy) is 3. The van der Waals surface area contributed by atoms with E-state index in [1.54, 1.807) is 20.3 Å². The van der Waals surface area contributed by atoms with Crippen LogP contribution in [-0.2, 0) is 55.0 Å². The Morgan fingerprint density at radius 1 is 0.983 bits per heavy atom. The van der Waals surface area contributed by atoms with Crippen LogP contribution < -0.4 is 19.3 Å². The first-order chi connectivity index (χ1) is 28.3. The first-order valence-corrected chi connectivity index (χ1v) is 20.5. The lowest BCUT2D eigenvalue weighted by Gasteiger charge is -2.33. The van der Waals surface area contributed by atoms with Gasteiger partial charge in [0.25, 0.3) is 5.91 Å². The number of nitrogens with zero attached hydrogens (tertiary/aromatic N) is 7. The van der Waals surface area contributed by atoms with E-state index in [0.717, 1.165) is 27.4 Å². The lowest BCUT2D eigenvalue weighted by molar-refractivity contribution is -0.139. The zero-order valence-electron chi connectivity index (χ0n) is 33.6. The molecular weight excluding hydrogens is 807 g/mol. The number of rotatable bonds is 12. The predicted molar refractivity (Wildman–Crippen MR) is 219 cm³/mol. The van der Waals surface area contributed by atoms with Gasteiger partial charge in [0.2, 0.25) is 0 Å². The standard InChI is InChI=1S/C42H45ClF3N7O5S/c1-25-35-23-51(16-7-17-53(35)49-38(25)40(54)50(2)57-5)39-32-24-58-36(20-34(32)47-41(48-39)59-6)31-18-28(19-33(43)37(31)42(44,45)46)52(21-26-8-12-29(55-3)13-9-26)22-27-10-14-30(56-4)15-11-27/h8-15,18-19,36H,7,16-17,20-24H2,1-6H3. The van der Waals surface area contributed by atoms with Crippen LogP contribution in [0.25, 0.3) is 0 Å². The number of methoxy groups -OCH3 is 2. The molecule has 1 amide bonds. The van der Waals surface area contributed by atoms with Gasteiger partial charge in [-0.25, -0.2) is 15.0 Å². The van der Waals surface area contributed by atoms with Gasteiger partial charge in [-0.1, -0.05) is 47.6 Å². The minimum absolute atomic E-state index is 0.0261. The smallest absolute Gasteiger partial charge is 0.418 e. The Bertz CT molecular complexity index is 2260. The van der Waals surface area contributed by atoms with Crippen molar-refractivity contribution < 1.29 is 37.0 Å². The number of carbonyl (C=O) groups excluding carboxylic acids is 1. The van der Waals surface area contributed by atoms with E-state index in [1.165, 1.54) is 32.0 Å². The van der Waals surface area contributed by atoms with Gasteiger partial charge in [-0.2, -0.15) is 18.3 Å². The third-order valence-corrected chi connectivity index (χ3v) is 11.6. The average Bonchev–Trinajstić information content (AvgIpc) is 3.39. The summed E-state index contributed by atoms with van der Waals surface area (Å²) in [7, 11) is 6.13. The Kier molecular flexibility index (Phi) is 12.6. The first kappa shape index (κ1) is 42.1. The molecule has 0 spiro atoms. The Balaban J connectivity index is 1.25. The van der Waals surface area contributed by atoms with Gasteiger partial charge in [-0.15, -0.1) is 0 Å². The summed E-state index contributed by atoms with van der Waals surface area (Å²) in [5.74, 6) is 1.67. The molecule has 1 atom stereocenters. The quantitative estimate of drug-likeness (QED) is 0.0686. The van der Waals surface area contributed by atoms with Crippen LogP contribution in [0.15, 0.2) is 65.8 Å². The highest BCUT2D eigenvalue weighted by atomic mass is 35.5. The third-order valence-electron chi connectivity index (χ3n) is 10.7. The minimum atomic E-state index is -4.77. The van der Waals surface area contributed by atoms with Crippen molar-refractivity contribution in [1.82, 2.24) is 24.8 Å². The number of thioether (sulfide) groups is 1. The van der Waals surface area contributed by atoms with Crippen molar-refractivity contribution in [3.8, 4) is 11.5 Å². The molecule has 0 radical (unpaired) electrons. The van der Waals surface area contributed by atoms with Crippen molar-refractivity contribution >= 4 is 40.8 Å². The summed E-state index contributed by atoms with van der Waals surface area (Å²) in [6, 6.07) is 18.0. The zero-order valence-corrected chi connectivity index (χ0v) is 35.2. The molecule has 3 aromatic carbocycles. The number of anilines is 2. The molecule has 7 rings (SSSR count). The van der Waals surface area contributed by atoms with Crippen molar-refractivity contribution in [2.24, 2.45) is 0 Å². The van der Waals surface area contributed by atoms with Crippen molar-refractivity contribution in [1.29, 1.82) is 0 Å². The number of fused-ring (bicyclic) bond motifs is 2. The van der Waals surface area contributed by atoms with Crippen molar-refractivity contribution in [3.05, 3.63) is 116 Å². The number of halogens is 4. The molecule has 2 aliphatic heterocycles. The van der Waals surface area contributed by atoms with Gasteiger partial charge < -0.3 is 24.0 Å². The number of hydrogen-bond acceptors (Lipinski definition) is 11. The fourth-order valence-corrected chi connectivity index (χ4v) is 8.24. The molecule has 0 N–H and O–H groups in total. The average molecular weight is 852 g/mol. The number of aromatic nitrogens is 4. The molecule has 2 aromatic heterocycles. The van der Waals surface area contributed by atoms with Crippen LogP contribution in [0.3, 0.4) is 0 Å². The van der Waals surface area contributed by atoms with Gasteiger partial charge >= 0.3 is 6.18 Å². The maximum Gasteiger partial charge on any atom is 0.418 e. The maximum atomic E-state index is 15.0. The summed E-state index contributed by atoms with van der Waals surface area (Å²) >= 11 is 8.00. The molecule has 0 fully saturated rings. The first-order valence-electron chi connectivity index (χ1n) is 18.9. The normalized spacial score (nSPS) is 15.3. The molecule has 5 aromatic rings.